The summed E-state index contributed by atoms with van der Waals surface area (Å²) in [6, 6.07) is 0. The lowest BCUT2D eigenvalue weighted by atomic mass is 10.1. The minimum atomic E-state index is 0.102. The van der Waals surface area contributed by atoms with Crippen molar-refractivity contribution >= 4 is 11.3 Å². The van der Waals surface area contributed by atoms with Crippen molar-refractivity contribution in [2.24, 2.45) is 5.92 Å². The highest BCUT2D eigenvalue weighted by atomic mass is 32.1. The van der Waals surface area contributed by atoms with Crippen LogP contribution in [0.15, 0.2) is 5.38 Å². The molecule has 0 amide bonds. The first-order chi connectivity index (χ1) is 6.69. The molecule has 0 fully saturated rings. The van der Waals surface area contributed by atoms with Gasteiger partial charge in [-0.2, -0.15) is 0 Å². The summed E-state index contributed by atoms with van der Waals surface area (Å²) in [6.45, 7) is 4.84. The van der Waals surface area contributed by atoms with Gasteiger partial charge < -0.3 is 9.47 Å². The Balaban J connectivity index is 2.73. The second kappa shape index (κ2) is 5.44. The number of rotatable bonds is 5. The zero-order chi connectivity index (χ0) is 10.6. The Kier molecular flexibility index (Phi) is 4.51. The molecule has 1 aromatic rings. The molecule has 80 valence electrons. The van der Waals surface area contributed by atoms with Crippen molar-refractivity contribution in [1.29, 1.82) is 0 Å². The van der Waals surface area contributed by atoms with Crippen LogP contribution in [0.25, 0.3) is 0 Å². The zero-order valence-corrected chi connectivity index (χ0v) is 9.93. The Morgan fingerprint density at radius 3 is 2.64 bits per heavy atom. The van der Waals surface area contributed by atoms with Crippen LogP contribution < -0.4 is 0 Å². The third-order valence-electron chi connectivity index (χ3n) is 1.96. The third-order valence-corrected chi connectivity index (χ3v) is 2.92. The SMILES string of the molecule is COCc1csc(C(OC)C(C)C)n1. The fourth-order valence-corrected chi connectivity index (χ4v) is 2.38. The molecule has 1 heterocycles. The van der Waals surface area contributed by atoms with Crippen LogP contribution in [0, 0.1) is 5.92 Å². The van der Waals surface area contributed by atoms with Gasteiger partial charge in [0.1, 0.15) is 11.1 Å². The van der Waals surface area contributed by atoms with Crippen molar-refractivity contribution in [2.45, 2.75) is 26.6 Å². The summed E-state index contributed by atoms with van der Waals surface area (Å²) in [5.74, 6) is 0.446. The molecule has 1 atom stereocenters. The topological polar surface area (TPSA) is 31.4 Å². The van der Waals surface area contributed by atoms with E-state index in [1.165, 1.54) is 0 Å². The molecule has 0 aliphatic rings. The summed E-state index contributed by atoms with van der Waals surface area (Å²) in [4.78, 5) is 4.46. The van der Waals surface area contributed by atoms with Crippen LogP contribution in [0.5, 0.6) is 0 Å². The van der Waals surface area contributed by atoms with Crippen molar-refractivity contribution in [1.82, 2.24) is 4.98 Å². The fourth-order valence-electron chi connectivity index (χ4n) is 1.33. The molecule has 0 aliphatic carbocycles. The number of aromatic nitrogens is 1. The van der Waals surface area contributed by atoms with Gasteiger partial charge in [-0.25, -0.2) is 4.98 Å². The average Bonchev–Trinajstić information content (AvgIpc) is 2.54. The molecule has 3 nitrogen and oxygen atoms in total. The van der Waals surface area contributed by atoms with E-state index in [4.69, 9.17) is 9.47 Å². The average molecular weight is 215 g/mol. The largest absolute Gasteiger partial charge is 0.378 e. The third kappa shape index (κ3) is 2.77. The van der Waals surface area contributed by atoms with E-state index in [-0.39, 0.29) is 6.10 Å². The fraction of sp³-hybridized carbons (Fsp3) is 0.700. The maximum atomic E-state index is 5.40. The minimum Gasteiger partial charge on any atom is -0.378 e. The molecule has 1 aromatic heterocycles. The number of methoxy groups -OCH3 is 2. The summed E-state index contributed by atoms with van der Waals surface area (Å²) >= 11 is 1.63. The lowest BCUT2D eigenvalue weighted by Crippen LogP contribution is -2.08. The van der Waals surface area contributed by atoms with Crippen LogP contribution in [0.4, 0.5) is 0 Å². The van der Waals surface area contributed by atoms with Gasteiger partial charge in [-0.3, -0.25) is 0 Å². The number of hydrogen-bond donors (Lipinski definition) is 0. The number of hydrogen-bond acceptors (Lipinski definition) is 4. The van der Waals surface area contributed by atoms with Crippen LogP contribution >= 0.6 is 11.3 Å². The molecule has 1 unspecified atom stereocenters. The summed E-state index contributed by atoms with van der Waals surface area (Å²) in [6.07, 6.45) is 0.102. The Bertz CT molecular complexity index is 273. The normalized spacial score (nSPS) is 13.5. The molecule has 14 heavy (non-hydrogen) atoms. The van der Waals surface area contributed by atoms with Crippen molar-refractivity contribution in [3.8, 4) is 0 Å². The van der Waals surface area contributed by atoms with Crippen molar-refractivity contribution in [2.75, 3.05) is 14.2 Å². The molecule has 0 N–H and O–H groups in total. The first-order valence-corrected chi connectivity index (χ1v) is 5.53. The monoisotopic (exact) mass is 215 g/mol. The molecule has 0 spiro atoms. The predicted octanol–water partition coefficient (Wildman–Crippen LogP) is 2.63. The quantitative estimate of drug-likeness (QED) is 0.756. The zero-order valence-electron chi connectivity index (χ0n) is 9.11. The summed E-state index contributed by atoms with van der Waals surface area (Å²) in [5.41, 5.74) is 0.982. The second-order valence-electron chi connectivity index (χ2n) is 3.51. The highest BCUT2D eigenvalue weighted by molar-refractivity contribution is 7.09. The highest BCUT2D eigenvalue weighted by Crippen LogP contribution is 2.27. The van der Waals surface area contributed by atoms with Crippen molar-refractivity contribution in [3.05, 3.63) is 16.1 Å². The predicted molar refractivity (Wildman–Crippen MR) is 57.4 cm³/mol. The van der Waals surface area contributed by atoms with Gasteiger partial charge in [0, 0.05) is 19.6 Å². The van der Waals surface area contributed by atoms with Gasteiger partial charge in [0.25, 0.3) is 0 Å². The smallest absolute Gasteiger partial charge is 0.122 e. The molecule has 0 saturated carbocycles. The number of ether oxygens (including phenoxy) is 2. The highest BCUT2D eigenvalue weighted by Gasteiger charge is 2.18. The van der Waals surface area contributed by atoms with Crippen LogP contribution in [0.3, 0.4) is 0 Å². The van der Waals surface area contributed by atoms with Crippen molar-refractivity contribution < 1.29 is 9.47 Å². The number of nitrogens with zero attached hydrogens (tertiary/aromatic N) is 1. The van der Waals surface area contributed by atoms with Crippen LogP contribution in [-0.4, -0.2) is 19.2 Å². The van der Waals surface area contributed by atoms with E-state index < -0.39 is 0 Å². The molecular formula is C10H17NO2S. The standard InChI is InChI=1S/C10H17NO2S/c1-7(2)9(13-4)10-11-8(5-12-3)6-14-10/h6-7,9H,5H2,1-4H3. The van der Waals surface area contributed by atoms with Crippen molar-refractivity contribution in [3.63, 3.8) is 0 Å². The molecule has 0 radical (unpaired) electrons. The lowest BCUT2D eigenvalue weighted by Gasteiger charge is -2.15. The maximum Gasteiger partial charge on any atom is 0.122 e. The Hall–Kier alpha value is -0.450. The van der Waals surface area contributed by atoms with Crippen LogP contribution in [0.2, 0.25) is 0 Å². The Labute approximate surface area is 89.1 Å². The minimum absolute atomic E-state index is 0.102. The molecule has 4 heteroatoms. The van der Waals surface area contributed by atoms with E-state index in [1.807, 2.05) is 5.38 Å². The van der Waals surface area contributed by atoms with Crippen LogP contribution in [-0.2, 0) is 16.1 Å². The van der Waals surface area contributed by atoms with Gasteiger partial charge in [0.15, 0.2) is 0 Å². The molecule has 0 aliphatic heterocycles. The molecule has 0 aromatic carbocycles. The van der Waals surface area contributed by atoms with E-state index in [0.717, 1.165) is 10.7 Å². The van der Waals surface area contributed by atoms with Gasteiger partial charge in [0.2, 0.25) is 0 Å². The maximum absolute atomic E-state index is 5.40. The Morgan fingerprint density at radius 2 is 2.14 bits per heavy atom. The number of thiazole rings is 1. The molecule has 0 saturated heterocycles. The summed E-state index contributed by atoms with van der Waals surface area (Å²) < 4.78 is 10.4. The lowest BCUT2D eigenvalue weighted by molar-refractivity contribution is 0.0640. The van der Waals surface area contributed by atoms with Gasteiger partial charge in [0.05, 0.1) is 12.3 Å². The van der Waals surface area contributed by atoms with Gasteiger partial charge in [-0.05, 0) is 5.92 Å². The molecule has 1 rings (SSSR count). The van der Waals surface area contributed by atoms with Gasteiger partial charge in [-0.15, -0.1) is 11.3 Å². The van der Waals surface area contributed by atoms with E-state index in [1.54, 1.807) is 25.6 Å². The van der Waals surface area contributed by atoms with Gasteiger partial charge >= 0.3 is 0 Å². The first kappa shape index (κ1) is 11.6. The summed E-state index contributed by atoms with van der Waals surface area (Å²) in [5, 5.41) is 3.06. The molecular weight excluding hydrogens is 198 g/mol. The second-order valence-corrected chi connectivity index (χ2v) is 4.40. The summed E-state index contributed by atoms with van der Waals surface area (Å²) in [7, 11) is 3.40. The Morgan fingerprint density at radius 1 is 1.43 bits per heavy atom. The van der Waals surface area contributed by atoms with E-state index in [2.05, 4.69) is 18.8 Å². The van der Waals surface area contributed by atoms with E-state index in [0.29, 0.717) is 12.5 Å². The first-order valence-electron chi connectivity index (χ1n) is 4.65. The van der Waals surface area contributed by atoms with E-state index >= 15 is 0 Å². The molecule has 0 bridgehead atoms. The van der Waals surface area contributed by atoms with E-state index in [9.17, 15) is 0 Å². The van der Waals surface area contributed by atoms with Crippen LogP contribution in [0.1, 0.15) is 30.7 Å². The van der Waals surface area contributed by atoms with Gasteiger partial charge in [-0.1, -0.05) is 13.8 Å².